The van der Waals surface area contributed by atoms with Crippen molar-refractivity contribution < 1.29 is 4.79 Å². The second-order valence-electron chi connectivity index (χ2n) is 4.95. The van der Waals surface area contributed by atoms with E-state index in [1.165, 1.54) is 0 Å². The van der Waals surface area contributed by atoms with E-state index in [0.29, 0.717) is 12.6 Å². The Morgan fingerprint density at radius 3 is 2.84 bits per heavy atom. The van der Waals surface area contributed by atoms with Gasteiger partial charge in [0.05, 0.1) is 6.54 Å². The molecule has 2 N–H and O–H groups in total. The molecule has 1 fully saturated rings. The summed E-state index contributed by atoms with van der Waals surface area (Å²) in [6.07, 6.45) is 2.07. The van der Waals surface area contributed by atoms with E-state index >= 15 is 0 Å². The highest BCUT2D eigenvalue weighted by molar-refractivity contribution is 5.81. The number of para-hydroxylation sites is 1. The molecule has 2 rings (SSSR count). The third-order valence-corrected chi connectivity index (χ3v) is 3.48. The van der Waals surface area contributed by atoms with E-state index < -0.39 is 0 Å². The molecule has 4 nitrogen and oxygen atoms in total. The molecular formula is C15H23N3O. The Hall–Kier alpha value is -1.55. The SMILES string of the molecule is CCCN(C(=O)CNc1ccccc1)C1CCNC1. The Labute approximate surface area is 115 Å². The summed E-state index contributed by atoms with van der Waals surface area (Å²) in [5.74, 6) is 0.194. The van der Waals surface area contributed by atoms with E-state index in [2.05, 4.69) is 17.6 Å². The molecule has 0 bridgehead atoms. The fourth-order valence-corrected chi connectivity index (χ4v) is 2.49. The maximum atomic E-state index is 12.3. The number of nitrogens with zero attached hydrogens (tertiary/aromatic N) is 1. The van der Waals surface area contributed by atoms with Crippen molar-refractivity contribution in [2.75, 3.05) is 31.5 Å². The average molecular weight is 261 g/mol. The molecule has 1 aliphatic rings. The van der Waals surface area contributed by atoms with Crippen molar-refractivity contribution in [3.63, 3.8) is 0 Å². The van der Waals surface area contributed by atoms with Gasteiger partial charge in [0.25, 0.3) is 0 Å². The number of anilines is 1. The molecule has 19 heavy (non-hydrogen) atoms. The minimum absolute atomic E-state index is 0.194. The van der Waals surface area contributed by atoms with Crippen molar-refractivity contribution >= 4 is 11.6 Å². The average Bonchev–Trinajstić information content (AvgIpc) is 2.97. The Kier molecular flexibility index (Phi) is 5.21. The first-order valence-electron chi connectivity index (χ1n) is 7.10. The van der Waals surface area contributed by atoms with E-state index in [-0.39, 0.29) is 5.91 Å². The van der Waals surface area contributed by atoms with Gasteiger partial charge in [-0.25, -0.2) is 0 Å². The normalized spacial score (nSPS) is 18.3. The van der Waals surface area contributed by atoms with Gasteiger partial charge in [-0.15, -0.1) is 0 Å². The molecule has 1 saturated heterocycles. The first-order valence-corrected chi connectivity index (χ1v) is 7.10. The zero-order chi connectivity index (χ0) is 13.5. The van der Waals surface area contributed by atoms with Crippen LogP contribution < -0.4 is 10.6 Å². The second kappa shape index (κ2) is 7.14. The van der Waals surface area contributed by atoms with Gasteiger partial charge in [0.1, 0.15) is 0 Å². The van der Waals surface area contributed by atoms with Crippen molar-refractivity contribution in [2.45, 2.75) is 25.8 Å². The smallest absolute Gasteiger partial charge is 0.242 e. The third-order valence-electron chi connectivity index (χ3n) is 3.48. The number of benzene rings is 1. The van der Waals surface area contributed by atoms with Gasteiger partial charge in [-0.1, -0.05) is 25.1 Å². The van der Waals surface area contributed by atoms with Crippen LogP contribution in [0.2, 0.25) is 0 Å². The molecular weight excluding hydrogens is 238 g/mol. The van der Waals surface area contributed by atoms with E-state index in [0.717, 1.165) is 38.2 Å². The highest BCUT2D eigenvalue weighted by Gasteiger charge is 2.25. The standard InChI is InChI=1S/C15H23N3O/c1-2-10-18(14-8-9-16-11-14)15(19)12-17-13-6-4-3-5-7-13/h3-7,14,16-17H,2,8-12H2,1H3. The Morgan fingerprint density at radius 2 is 2.21 bits per heavy atom. The van der Waals surface area contributed by atoms with Gasteiger partial charge in [0, 0.05) is 24.8 Å². The minimum Gasteiger partial charge on any atom is -0.376 e. The monoisotopic (exact) mass is 261 g/mol. The van der Waals surface area contributed by atoms with Crippen LogP contribution in [0.5, 0.6) is 0 Å². The zero-order valence-corrected chi connectivity index (χ0v) is 11.6. The summed E-state index contributed by atoms with van der Waals surface area (Å²) in [4.78, 5) is 14.4. The molecule has 1 amide bonds. The molecule has 0 saturated carbocycles. The fraction of sp³-hybridized carbons (Fsp3) is 0.533. The Bertz CT molecular complexity index is 388. The number of hydrogen-bond acceptors (Lipinski definition) is 3. The molecule has 0 aromatic heterocycles. The maximum absolute atomic E-state index is 12.3. The van der Waals surface area contributed by atoms with Crippen LogP contribution in [0.4, 0.5) is 5.69 Å². The van der Waals surface area contributed by atoms with Gasteiger partial charge in [-0.2, -0.15) is 0 Å². The molecule has 1 aromatic carbocycles. The van der Waals surface area contributed by atoms with Crippen LogP contribution in [0.3, 0.4) is 0 Å². The maximum Gasteiger partial charge on any atom is 0.242 e. The summed E-state index contributed by atoms with van der Waals surface area (Å²) < 4.78 is 0. The van der Waals surface area contributed by atoms with Crippen LogP contribution >= 0.6 is 0 Å². The number of carbonyl (C=O) groups is 1. The lowest BCUT2D eigenvalue weighted by Crippen LogP contribution is -2.44. The van der Waals surface area contributed by atoms with E-state index in [1.807, 2.05) is 35.2 Å². The van der Waals surface area contributed by atoms with E-state index in [9.17, 15) is 4.79 Å². The van der Waals surface area contributed by atoms with Gasteiger partial charge < -0.3 is 15.5 Å². The molecule has 0 radical (unpaired) electrons. The molecule has 1 atom stereocenters. The van der Waals surface area contributed by atoms with Crippen molar-refractivity contribution in [1.82, 2.24) is 10.2 Å². The predicted molar refractivity (Wildman–Crippen MR) is 78.2 cm³/mol. The summed E-state index contributed by atoms with van der Waals surface area (Å²) in [6.45, 7) is 5.29. The highest BCUT2D eigenvalue weighted by Crippen LogP contribution is 2.11. The molecule has 104 valence electrons. The summed E-state index contributed by atoms with van der Waals surface area (Å²) in [5.41, 5.74) is 0.997. The topological polar surface area (TPSA) is 44.4 Å². The fourth-order valence-electron chi connectivity index (χ4n) is 2.49. The molecule has 0 aliphatic carbocycles. The van der Waals surface area contributed by atoms with Crippen LogP contribution in [-0.4, -0.2) is 43.0 Å². The van der Waals surface area contributed by atoms with E-state index in [4.69, 9.17) is 0 Å². The van der Waals surface area contributed by atoms with Gasteiger partial charge >= 0.3 is 0 Å². The number of amides is 1. The number of nitrogens with one attached hydrogen (secondary N) is 2. The summed E-state index contributed by atoms with van der Waals surface area (Å²) >= 11 is 0. The first-order chi connectivity index (χ1) is 9.31. The molecule has 1 unspecified atom stereocenters. The van der Waals surface area contributed by atoms with Crippen molar-refractivity contribution in [2.24, 2.45) is 0 Å². The van der Waals surface area contributed by atoms with Gasteiger partial charge in [-0.05, 0) is 31.5 Å². The van der Waals surface area contributed by atoms with Crippen molar-refractivity contribution in [3.05, 3.63) is 30.3 Å². The lowest BCUT2D eigenvalue weighted by atomic mass is 10.2. The Balaban J connectivity index is 1.88. The Morgan fingerprint density at radius 1 is 1.42 bits per heavy atom. The van der Waals surface area contributed by atoms with Crippen LogP contribution in [0.25, 0.3) is 0 Å². The number of rotatable bonds is 6. The molecule has 4 heteroatoms. The quantitative estimate of drug-likeness (QED) is 0.819. The predicted octanol–water partition coefficient (Wildman–Crippen LogP) is 1.70. The summed E-state index contributed by atoms with van der Waals surface area (Å²) in [6, 6.07) is 10.2. The highest BCUT2D eigenvalue weighted by atomic mass is 16.2. The largest absolute Gasteiger partial charge is 0.376 e. The minimum atomic E-state index is 0.194. The third kappa shape index (κ3) is 3.96. The van der Waals surface area contributed by atoms with Crippen LogP contribution in [0.15, 0.2) is 30.3 Å². The first kappa shape index (κ1) is 13.9. The van der Waals surface area contributed by atoms with Gasteiger partial charge in [-0.3, -0.25) is 4.79 Å². The summed E-state index contributed by atoms with van der Waals surface area (Å²) in [7, 11) is 0. The van der Waals surface area contributed by atoms with Crippen molar-refractivity contribution in [1.29, 1.82) is 0 Å². The van der Waals surface area contributed by atoms with E-state index in [1.54, 1.807) is 0 Å². The lowest BCUT2D eigenvalue weighted by molar-refractivity contribution is -0.131. The molecule has 1 heterocycles. The molecule has 1 aliphatic heterocycles. The van der Waals surface area contributed by atoms with Crippen LogP contribution in [-0.2, 0) is 4.79 Å². The zero-order valence-electron chi connectivity index (χ0n) is 11.6. The molecule has 0 spiro atoms. The van der Waals surface area contributed by atoms with Crippen LogP contribution in [0, 0.1) is 0 Å². The second-order valence-corrected chi connectivity index (χ2v) is 4.95. The number of hydrogen-bond donors (Lipinski definition) is 2. The summed E-state index contributed by atoms with van der Waals surface area (Å²) in [5, 5.41) is 6.52. The lowest BCUT2D eigenvalue weighted by Gasteiger charge is -2.28. The van der Waals surface area contributed by atoms with Crippen molar-refractivity contribution in [3.8, 4) is 0 Å². The van der Waals surface area contributed by atoms with Gasteiger partial charge in [0.15, 0.2) is 0 Å². The van der Waals surface area contributed by atoms with Crippen LogP contribution in [0.1, 0.15) is 19.8 Å². The van der Waals surface area contributed by atoms with Gasteiger partial charge in [0.2, 0.25) is 5.91 Å². The number of carbonyl (C=O) groups excluding carboxylic acids is 1. The molecule has 1 aromatic rings.